The van der Waals surface area contributed by atoms with Crippen LogP contribution in [0.25, 0.3) is 0 Å². The van der Waals surface area contributed by atoms with E-state index in [0.29, 0.717) is 0 Å². The zero-order chi connectivity index (χ0) is 12.5. The third kappa shape index (κ3) is 5.59. The fourth-order valence-corrected chi connectivity index (χ4v) is 1.93. The summed E-state index contributed by atoms with van der Waals surface area (Å²) in [4.78, 5) is 0. The molecule has 0 spiro atoms. The van der Waals surface area contributed by atoms with E-state index in [2.05, 4.69) is 50.8 Å². The van der Waals surface area contributed by atoms with Gasteiger partial charge in [0.1, 0.15) is 0 Å². The lowest BCUT2D eigenvalue weighted by Gasteiger charge is -1.99. The minimum Gasteiger partial charge on any atom is -0.0979 e. The normalized spacial score (nSPS) is 9.82. The second-order valence-corrected chi connectivity index (χ2v) is 4.78. The monoisotopic (exact) mass is 228 g/mol. The molecule has 0 saturated carbocycles. The predicted octanol–water partition coefficient (Wildman–Crippen LogP) is 5.02. The molecule has 0 aromatic heterocycles. The van der Waals surface area contributed by atoms with Gasteiger partial charge in [0.25, 0.3) is 0 Å². The molecule has 0 nitrogen and oxygen atoms in total. The van der Waals surface area contributed by atoms with Crippen molar-refractivity contribution in [2.45, 2.75) is 59.3 Å². The quantitative estimate of drug-likeness (QED) is 0.490. The summed E-state index contributed by atoms with van der Waals surface area (Å²) in [5.74, 6) is 6.57. The Labute approximate surface area is 106 Å². The smallest absolute Gasteiger partial charge is 0.0274 e. The van der Waals surface area contributed by atoms with E-state index < -0.39 is 0 Å². The van der Waals surface area contributed by atoms with Gasteiger partial charge < -0.3 is 0 Å². The number of hydrogen-bond donors (Lipinski definition) is 0. The van der Waals surface area contributed by atoms with Crippen molar-refractivity contribution in [3.05, 3.63) is 34.9 Å². The number of aryl methyl sites for hydroxylation is 2. The van der Waals surface area contributed by atoms with E-state index in [-0.39, 0.29) is 0 Å². The molecular weight excluding hydrogens is 204 g/mol. The molecule has 0 heteroatoms. The molecule has 0 aliphatic carbocycles. The summed E-state index contributed by atoms with van der Waals surface area (Å²) in [7, 11) is 0. The van der Waals surface area contributed by atoms with Crippen molar-refractivity contribution in [3.63, 3.8) is 0 Å². The molecule has 92 valence electrons. The highest BCUT2D eigenvalue weighted by Crippen LogP contribution is 2.09. The molecule has 0 fully saturated rings. The van der Waals surface area contributed by atoms with E-state index in [4.69, 9.17) is 0 Å². The average Bonchev–Trinajstić information content (AvgIpc) is 2.30. The van der Waals surface area contributed by atoms with Crippen molar-refractivity contribution < 1.29 is 0 Å². The molecule has 0 unspecified atom stereocenters. The number of unbranched alkanes of at least 4 members (excludes halogenated alkanes) is 5. The third-order valence-electron chi connectivity index (χ3n) is 3.01. The second-order valence-electron chi connectivity index (χ2n) is 4.78. The van der Waals surface area contributed by atoms with Crippen LogP contribution in [-0.4, -0.2) is 0 Å². The zero-order valence-corrected chi connectivity index (χ0v) is 11.5. The van der Waals surface area contributed by atoms with Gasteiger partial charge in [0.05, 0.1) is 0 Å². The second kappa shape index (κ2) is 7.96. The Morgan fingerprint density at radius 1 is 1.00 bits per heavy atom. The molecule has 0 saturated heterocycles. The first-order valence-electron chi connectivity index (χ1n) is 6.80. The van der Waals surface area contributed by atoms with Crippen molar-refractivity contribution in [1.82, 2.24) is 0 Å². The van der Waals surface area contributed by atoms with Crippen molar-refractivity contribution >= 4 is 0 Å². The minimum atomic E-state index is 1.04. The fourth-order valence-electron chi connectivity index (χ4n) is 1.93. The summed E-state index contributed by atoms with van der Waals surface area (Å²) in [6.45, 7) is 6.51. The molecule has 0 amide bonds. The van der Waals surface area contributed by atoms with Gasteiger partial charge >= 0.3 is 0 Å². The Morgan fingerprint density at radius 2 is 1.76 bits per heavy atom. The largest absolute Gasteiger partial charge is 0.0979 e. The van der Waals surface area contributed by atoms with Gasteiger partial charge in [-0.25, -0.2) is 0 Å². The first-order chi connectivity index (χ1) is 8.24. The van der Waals surface area contributed by atoms with Crippen LogP contribution in [0.3, 0.4) is 0 Å². The summed E-state index contributed by atoms with van der Waals surface area (Å²) < 4.78 is 0. The zero-order valence-electron chi connectivity index (χ0n) is 11.5. The Bertz CT molecular complexity index is 390. The first-order valence-corrected chi connectivity index (χ1v) is 6.80. The van der Waals surface area contributed by atoms with Gasteiger partial charge in [0, 0.05) is 12.0 Å². The molecule has 1 aromatic carbocycles. The molecule has 0 N–H and O–H groups in total. The van der Waals surface area contributed by atoms with Crippen LogP contribution in [0.2, 0.25) is 0 Å². The molecule has 0 aliphatic heterocycles. The molecule has 17 heavy (non-hydrogen) atoms. The Balaban J connectivity index is 2.33. The maximum absolute atomic E-state index is 3.29. The van der Waals surface area contributed by atoms with E-state index in [1.54, 1.807) is 0 Å². The highest BCUT2D eigenvalue weighted by Gasteiger charge is 1.93. The summed E-state index contributed by atoms with van der Waals surface area (Å²) in [5.41, 5.74) is 3.79. The topological polar surface area (TPSA) is 0 Å². The van der Waals surface area contributed by atoms with Crippen LogP contribution in [0.15, 0.2) is 18.2 Å². The van der Waals surface area contributed by atoms with Crippen LogP contribution in [-0.2, 0) is 0 Å². The van der Waals surface area contributed by atoms with Gasteiger partial charge in [-0.2, -0.15) is 0 Å². The lowest BCUT2D eigenvalue weighted by Crippen LogP contribution is -1.83. The number of benzene rings is 1. The van der Waals surface area contributed by atoms with Gasteiger partial charge in [-0.15, -0.1) is 0 Å². The van der Waals surface area contributed by atoms with E-state index in [0.717, 1.165) is 6.42 Å². The Kier molecular flexibility index (Phi) is 6.48. The highest BCUT2D eigenvalue weighted by molar-refractivity contribution is 5.42. The van der Waals surface area contributed by atoms with Gasteiger partial charge in [-0.3, -0.25) is 0 Å². The molecule has 1 rings (SSSR count). The SMILES string of the molecule is CCCCCCCC#Cc1ccc(C)cc1C. The Morgan fingerprint density at radius 3 is 2.47 bits per heavy atom. The first kappa shape index (κ1) is 13.8. The summed E-state index contributed by atoms with van der Waals surface area (Å²) >= 11 is 0. The van der Waals surface area contributed by atoms with Gasteiger partial charge in [0.2, 0.25) is 0 Å². The standard InChI is InChI=1S/C17H24/c1-4-5-6-7-8-9-10-11-17-13-12-15(2)14-16(17)3/h12-14H,4-9H2,1-3H3. The predicted molar refractivity (Wildman–Crippen MR) is 76.2 cm³/mol. The van der Waals surface area contributed by atoms with Gasteiger partial charge in [0.15, 0.2) is 0 Å². The lowest BCUT2D eigenvalue weighted by molar-refractivity contribution is 0.641. The summed E-state index contributed by atoms with van der Waals surface area (Å²) in [6, 6.07) is 6.47. The van der Waals surface area contributed by atoms with Crippen LogP contribution in [0, 0.1) is 25.7 Å². The molecule has 0 aliphatic rings. The van der Waals surface area contributed by atoms with Crippen molar-refractivity contribution in [2.24, 2.45) is 0 Å². The van der Waals surface area contributed by atoms with E-state index >= 15 is 0 Å². The van der Waals surface area contributed by atoms with E-state index in [1.165, 1.54) is 48.8 Å². The van der Waals surface area contributed by atoms with Crippen LogP contribution in [0.5, 0.6) is 0 Å². The maximum Gasteiger partial charge on any atom is 0.0274 e. The average molecular weight is 228 g/mol. The van der Waals surface area contributed by atoms with Crippen molar-refractivity contribution in [2.75, 3.05) is 0 Å². The van der Waals surface area contributed by atoms with Gasteiger partial charge in [-0.1, -0.05) is 62.1 Å². The molecular formula is C17H24. The van der Waals surface area contributed by atoms with Crippen molar-refractivity contribution in [1.29, 1.82) is 0 Å². The van der Waals surface area contributed by atoms with Gasteiger partial charge in [-0.05, 0) is 31.9 Å². The minimum absolute atomic E-state index is 1.04. The van der Waals surface area contributed by atoms with Crippen molar-refractivity contribution in [3.8, 4) is 11.8 Å². The van der Waals surface area contributed by atoms with Crippen LogP contribution < -0.4 is 0 Å². The molecule has 0 bridgehead atoms. The molecule has 1 aromatic rings. The summed E-state index contributed by atoms with van der Waals surface area (Å²) in [5, 5.41) is 0. The number of rotatable bonds is 5. The van der Waals surface area contributed by atoms with Crippen LogP contribution in [0.4, 0.5) is 0 Å². The maximum atomic E-state index is 3.29. The molecule has 0 heterocycles. The third-order valence-corrected chi connectivity index (χ3v) is 3.01. The van der Waals surface area contributed by atoms with Crippen LogP contribution in [0.1, 0.15) is 62.1 Å². The fraction of sp³-hybridized carbons (Fsp3) is 0.529. The Hall–Kier alpha value is -1.22. The van der Waals surface area contributed by atoms with E-state index in [1.807, 2.05) is 0 Å². The molecule has 0 radical (unpaired) electrons. The van der Waals surface area contributed by atoms with E-state index in [9.17, 15) is 0 Å². The molecule has 0 atom stereocenters. The van der Waals surface area contributed by atoms with Crippen LogP contribution >= 0.6 is 0 Å². The highest BCUT2D eigenvalue weighted by atomic mass is 14.0. The number of hydrogen-bond acceptors (Lipinski definition) is 0. The lowest BCUT2D eigenvalue weighted by atomic mass is 10.1. The summed E-state index contributed by atoms with van der Waals surface area (Å²) in [6.07, 6.45) is 7.66.